The number of halogens is 3. The summed E-state index contributed by atoms with van der Waals surface area (Å²) in [5.41, 5.74) is 0. The normalized spacial score (nSPS) is 12.8. The molecule has 0 aliphatic carbocycles. The van der Waals surface area contributed by atoms with E-state index in [2.05, 4.69) is 15.9 Å². The molecule has 0 aliphatic rings. The van der Waals surface area contributed by atoms with Crippen molar-refractivity contribution < 1.29 is 4.74 Å². The molecule has 16 heavy (non-hydrogen) atoms. The monoisotopic (exact) mass is 356 g/mol. The van der Waals surface area contributed by atoms with Crippen LogP contribution < -0.4 is 4.74 Å². The Bertz CT molecular complexity index is 475. The first kappa shape index (κ1) is 12.7. The van der Waals surface area contributed by atoms with Gasteiger partial charge in [-0.25, -0.2) is 0 Å². The first-order chi connectivity index (χ1) is 7.61. The minimum Gasteiger partial charge on any atom is -0.496 e. The van der Waals surface area contributed by atoms with E-state index in [4.69, 9.17) is 27.9 Å². The van der Waals surface area contributed by atoms with Crippen molar-refractivity contribution in [3.8, 4) is 5.75 Å². The maximum atomic E-state index is 6.37. The predicted molar refractivity (Wildman–Crippen MR) is 75.6 cm³/mol. The number of rotatable bonds is 3. The van der Waals surface area contributed by atoms with E-state index in [0.717, 1.165) is 19.3 Å². The summed E-state index contributed by atoms with van der Waals surface area (Å²) in [6, 6.07) is 3.84. The molecule has 0 amide bonds. The third kappa shape index (κ3) is 2.57. The van der Waals surface area contributed by atoms with Crippen molar-refractivity contribution in [2.75, 3.05) is 7.11 Å². The van der Waals surface area contributed by atoms with Gasteiger partial charge in [0.15, 0.2) is 0 Å². The van der Waals surface area contributed by atoms with Crippen molar-refractivity contribution in [3.05, 3.63) is 36.1 Å². The molecule has 0 saturated heterocycles. The van der Waals surface area contributed by atoms with Crippen molar-refractivity contribution in [1.29, 1.82) is 0 Å². The smallest absolute Gasteiger partial charge is 0.129 e. The second kappa shape index (κ2) is 5.27. The zero-order valence-corrected chi connectivity index (χ0v) is 12.9. The van der Waals surface area contributed by atoms with E-state index >= 15 is 0 Å². The van der Waals surface area contributed by atoms with Gasteiger partial charge in [-0.3, -0.25) is 0 Å². The van der Waals surface area contributed by atoms with E-state index in [1.54, 1.807) is 29.8 Å². The molecule has 2 rings (SSSR count). The van der Waals surface area contributed by atoms with E-state index in [0.29, 0.717) is 5.02 Å². The average molecular weight is 358 g/mol. The summed E-state index contributed by atoms with van der Waals surface area (Å²) in [5, 5.41) is 2.48. The standard InChI is InChI=1S/C10H7BrCl2OS2/c1-14-5-2-7(15-4-5)9(13)8-3-6(12)10(11)16-8/h2-4,9H,1H3. The predicted octanol–water partition coefficient (Wildman–Crippen LogP) is 5.56. The van der Waals surface area contributed by atoms with Crippen LogP contribution in [0.1, 0.15) is 15.1 Å². The van der Waals surface area contributed by atoms with Crippen LogP contribution >= 0.6 is 61.8 Å². The Morgan fingerprint density at radius 2 is 2.12 bits per heavy atom. The van der Waals surface area contributed by atoms with Crippen molar-refractivity contribution >= 4 is 61.8 Å². The first-order valence-electron chi connectivity index (χ1n) is 4.33. The summed E-state index contributed by atoms with van der Waals surface area (Å²) in [4.78, 5) is 2.09. The molecular formula is C10H7BrCl2OS2. The van der Waals surface area contributed by atoms with E-state index in [1.807, 2.05) is 17.5 Å². The van der Waals surface area contributed by atoms with Crippen LogP contribution in [0.5, 0.6) is 5.75 Å². The number of methoxy groups -OCH3 is 1. The van der Waals surface area contributed by atoms with Gasteiger partial charge in [0, 0.05) is 15.1 Å². The van der Waals surface area contributed by atoms with Gasteiger partial charge in [0.05, 0.1) is 15.9 Å². The Hall–Kier alpha value is 0.260. The Labute approximate surface area is 120 Å². The van der Waals surface area contributed by atoms with Gasteiger partial charge in [0.25, 0.3) is 0 Å². The van der Waals surface area contributed by atoms with Gasteiger partial charge in [-0.05, 0) is 28.1 Å². The Kier molecular flexibility index (Phi) is 4.19. The van der Waals surface area contributed by atoms with Gasteiger partial charge in [-0.2, -0.15) is 0 Å². The molecular weight excluding hydrogens is 351 g/mol. The molecule has 0 aliphatic heterocycles. The highest BCUT2D eigenvalue weighted by atomic mass is 79.9. The summed E-state index contributed by atoms with van der Waals surface area (Å²) in [6.45, 7) is 0. The lowest BCUT2D eigenvalue weighted by molar-refractivity contribution is 0.416. The van der Waals surface area contributed by atoms with Crippen LogP contribution in [-0.4, -0.2) is 7.11 Å². The molecule has 0 fully saturated rings. The minimum atomic E-state index is -0.164. The van der Waals surface area contributed by atoms with Gasteiger partial charge in [-0.15, -0.1) is 34.3 Å². The van der Waals surface area contributed by atoms with Crippen LogP contribution in [-0.2, 0) is 0 Å². The molecule has 0 N–H and O–H groups in total. The molecule has 86 valence electrons. The molecule has 2 heterocycles. The number of hydrogen-bond donors (Lipinski definition) is 0. The molecule has 1 unspecified atom stereocenters. The van der Waals surface area contributed by atoms with Crippen molar-refractivity contribution in [2.24, 2.45) is 0 Å². The molecule has 0 radical (unpaired) electrons. The van der Waals surface area contributed by atoms with Gasteiger partial charge >= 0.3 is 0 Å². The largest absolute Gasteiger partial charge is 0.496 e. The second-order valence-corrected chi connectivity index (χ2v) is 7.21. The fraction of sp³-hybridized carbons (Fsp3) is 0.200. The van der Waals surface area contributed by atoms with Crippen molar-refractivity contribution in [2.45, 2.75) is 5.38 Å². The van der Waals surface area contributed by atoms with E-state index < -0.39 is 0 Å². The summed E-state index contributed by atoms with van der Waals surface area (Å²) < 4.78 is 6.04. The highest BCUT2D eigenvalue weighted by Crippen LogP contribution is 2.42. The van der Waals surface area contributed by atoms with Gasteiger partial charge in [0.2, 0.25) is 0 Å². The molecule has 1 nitrogen and oxygen atoms in total. The van der Waals surface area contributed by atoms with E-state index in [9.17, 15) is 0 Å². The third-order valence-corrected chi connectivity index (χ3v) is 6.24. The lowest BCUT2D eigenvalue weighted by Crippen LogP contribution is -1.85. The van der Waals surface area contributed by atoms with Crippen LogP contribution in [0.2, 0.25) is 5.02 Å². The molecule has 2 aromatic rings. The zero-order valence-electron chi connectivity index (χ0n) is 8.17. The number of ether oxygens (including phenoxy) is 1. The highest BCUT2D eigenvalue weighted by molar-refractivity contribution is 9.11. The lowest BCUT2D eigenvalue weighted by Gasteiger charge is -2.02. The Morgan fingerprint density at radius 1 is 1.38 bits per heavy atom. The quantitative estimate of drug-likeness (QED) is 0.653. The van der Waals surface area contributed by atoms with Crippen molar-refractivity contribution in [1.82, 2.24) is 0 Å². The van der Waals surface area contributed by atoms with Crippen LogP contribution in [0, 0.1) is 0 Å². The maximum Gasteiger partial charge on any atom is 0.129 e. The maximum absolute atomic E-state index is 6.37. The highest BCUT2D eigenvalue weighted by Gasteiger charge is 2.17. The zero-order chi connectivity index (χ0) is 11.7. The lowest BCUT2D eigenvalue weighted by atomic mass is 10.3. The third-order valence-electron chi connectivity index (χ3n) is 2.00. The average Bonchev–Trinajstić information content (AvgIpc) is 2.86. The van der Waals surface area contributed by atoms with Gasteiger partial charge < -0.3 is 4.74 Å². The summed E-state index contributed by atoms with van der Waals surface area (Å²) in [6.07, 6.45) is 0. The molecule has 2 aromatic heterocycles. The molecule has 1 atom stereocenters. The topological polar surface area (TPSA) is 9.23 Å². The fourth-order valence-corrected chi connectivity index (χ4v) is 4.28. The van der Waals surface area contributed by atoms with E-state index in [1.165, 1.54) is 0 Å². The fourth-order valence-electron chi connectivity index (χ4n) is 1.20. The molecule has 0 saturated carbocycles. The number of thiophene rings is 2. The van der Waals surface area contributed by atoms with Crippen LogP contribution in [0.3, 0.4) is 0 Å². The minimum absolute atomic E-state index is 0.164. The first-order valence-corrected chi connectivity index (χ1v) is 7.63. The molecule has 0 aromatic carbocycles. The summed E-state index contributed by atoms with van der Waals surface area (Å²) in [5.74, 6) is 0.840. The summed E-state index contributed by atoms with van der Waals surface area (Å²) >= 11 is 18.9. The number of alkyl halides is 1. The molecule has 0 spiro atoms. The van der Waals surface area contributed by atoms with Crippen LogP contribution in [0.25, 0.3) is 0 Å². The Morgan fingerprint density at radius 3 is 2.62 bits per heavy atom. The van der Waals surface area contributed by atoms with Crippen LogP contribution in [0.15, 0.2) is 21.3 Å². The molecule has 6 heteroatoms. The second-order valence-electron chi connectivity index (χ2n) is 3.02. The number of hydrogen-bond acceptors (Lipinski definition) is 3. The van der Waals surface area contributed by atoms with E-state index in [-0.39, 0.29) is 5.38 Å². The summed E-state index contributed by atoms with van der Waals surface area (Å²) in [7, 11) is 1.65. The van der Waals surface area contributed by atoms with Crippen molar-refractivity contribution in [3.63, 3.8) is 0 Å². The van der Waals surface area contributed by atoms with Crippen LogP contribution in [0.4, 0.5) is 0 Å². The SMILES string of the molecule is COc1csc(C(Cl)c2cc(Cl)c(Br)s2)c1. The van der Waals surface area contributed by atoms with Gasteiger partial charge in [0.1, 0.15) is 11.1 Å². The Balaban J connectivity index is 2.27. The van der Waals surface area contributed by atoms with Gasteiger partial charge in [-0.1, -0.05) is 11.6 Å². The molecule has 0 bridgehead atoms.